The normalized spacial score (nSPS) is 14.9. The minimum Gasteiger partial charge on any atom is -0.380 e. The van der Waals surface area contributed by atoms with Crippen LogP contribution in [0.4, 0.5) is 17.6 Å². The summed E-state index contributed by atoms with van der Waals surface area (Å²) in [4.78, 5) is 16.6. The second kappa shape index (κ2) is 7.02. The number of aromatic amines is 2. The van der Waals surface area contributed by atoms with E-state index in [2.05, 4.69) is 9.97 Å². The molecule has 3 N–H and O–H groups in total. The van der Waals surface area contributed by atoms with Gasteiger partial charge in [0.25, 0.3) is 0 Å². The van der Waals surface area contributed by atoms with E-state index in [-0.39, 0.29) is 11.3 Å². The Balaban J connectivity index is 1.99. The minimum absolute atomic E-state index is 0.144. The fourth-order valence-corrected chi connectivity index (χ4v) is 3.93. The summed E-state index contributed by atoms with van der Waals surface area (Å²) in [5, 5.41) is 11.3. The maximum absolute atomic E-state index is 13.9. The highest BCUT2D eigenvalue weighted by Gasteiger charge is 2.56. The molecule has 3 aromatic rings. The van der Waals surface area contributed by atoms with Crippen molar-refractivity contribution in [2.24, 2.45) is 0 Å². The Morgan fingerprint density at radius 2 is 1.79 bits per heavy atom. The van der Waals surface area contributed by atoms with Crippen LogP contribution in [0, 0.1) is 12.7 Å². The average molecular weight is 410 g/mol. The predicted octanol–water partition coefficient (Wildman–Crippen LogP) is 4.51. The van der Waals surface area contributed by atoms with Crippen molar-refractivity contribution >= 4 is 10.9 Å². The number of rotatable bonds is 5. The molecule has 0 spiro atoms. The lowest BCUT2D eigenvalue weighted by Crippen LogP contribution is -2.51. The van der Waals surface area contributed by atoms with Gasteiger partial charge >= 0.3 is 6.18 Å². The summed E-state index contributed by atoms with van der Waals surface area (Å²) < 4.78 is 55.5. The van der Waals surface area contributed by atoms with Gasteiger partial charge in [-0.2, -0.15) is 13.2 Å². The molecule has 0 aliphatic heterocycles. The molecule has 2 heterocycles. The SMILES string of the molecule is Cc1ccc(F)cc1C(C)(C)CC(O)(Cc1cc2c[nH]c(=O)cc2[nH]1)C(F)(F)F. The molecule has 29 heavy (non-hydrogen) atoms. The number of alkyl halides is 3. The first-order valence-electron chi connectivity index (χ1n) is 9.07. The number of hydrogen-bond acceptors (Lipinski definition) is 2. The number of halogens is 4. The Morgan fingerprint density at radius 3 is 2.45 bits per heavy atom. The van der Waals surface area contributed by atoms with Gasteiger partial charge in [0, 0.05) is 29.8 Å². The molecule has 1 aromatic carbocycles. The molecule has 1 atom stereocenters. The standard InChI is InChI=1S/C21H22F4N2O2/c1-12-4-5-14(22)7-16(12)19(2,3)11-20(29,21(23,24)25)9-15-6-13-10-26-18(28)8-17(13)27-15/h4-8,10,27,29H,9,11H2,1-3H3,(H,26,28). The van der Waals surface area contributed by atoms with E-state index in [0.29, 0.717) is 22.0 Å². The van der Waals surface area contributed by atoms with Crippen LogP contribution in [0.5, 0.6) is 0 Å². The summed E-state index contributed by atoms with van der Waals surface area (Å²) in [5.41, 5.74) is -3.02. The van der Waals surface area contributed by atoms with E-state index >= 15 is 0 Å². The predicted molar refractivity (Wildman–Crippen MR) is 102 cm³/mol. The second-order valence-electron chi connectivity index (χ2n) is 8.19. The minimum atomic E-state index is -4.92. The Morgan fingerprint density at radius 1 is 1.10 bits per heavy atom. The molecule has 0 aliphatic carbocycles. The van der Waals surface area contributed by atoms with Crippen molar-refractivity contribution in [2.45, 2.75) is 50.8 Å². The zero-order valence-electron chi connectivity index (χ0n) is 16.2. The molecule has 3 rings (SSSR count). The number of aliphatic hydroxyl groups is 1. The number of hydrogen-bond donors (Lipinski definition) is 3. The van der Waals surface area contributed by atoms with Crippen LogP contribution in [0.25, 0.3) is 10.9 Å². The Labute approximate surface area is 164 Å². The Bertz CT molecular complexity index is 1100. The summed E-state index contributed by atoms with van der Waals surface area (Å²) in [6, 6.07) is 6.67. The van der Waals surface area contributed by atoms with Crippen LogP contribution in [0.15, 0.2) is 41.3 Å². The molecule has 0 saturated carbocycles. The second-order valence-corrected chi connectivity index (χ2v) is 8.19. The number of H-pyrrole nitrogens is 2. The van der Waals surface area contributed by atoms with Gasteiger partial charge < -0.3 is 15.1 Å². The maximum Gasteiger partial charge on any atom is 0.417 e. The highest BCUT2D eigenvalue weighted by Crippen LogP contribution is 2.43. The summed E-state index contributed by atoms with van der Waals surface area (Å²) in [5.74, 6) is -0.547. The molecular weight excluding hydrogens is 388 g/mol. The Hall–Kier alpha value is -2.61. The van der Waals surface area contributed by atoms with Gasteiger partial charge in [-0.25, -0.2) is 4.39 Å². The third-order valence-electron chi connectivity index (χ3n) is 5.26. The topological polar surface area (TPSA) is 68.9 Å². The van der Waals surface area contributed by atoms with Crippen molar-refractivity contribution < 1.29 is 22.7 Å². The molecule has 1 unspecified atom stereocenters. The number of nitrogens with one attached hydrogen (secondary N) is 2. The van der Waals surface area contributed by atoms with E-state index < -0.39 is 35.9 Å². The van der Waals surface area contributed by atoms with Gasteiger partial charge in [-0.3, -0.25) is 4.79 Å². The first-order chi connectivity index (χ1) is 13.3. The number of aromatic nitrogens is 2. The third-order valence-corrected chi connectivity index (χ3v) is 5.26. The van der Waals surface area contributed by atoms with Gasteiger partial charge in [0.05, 0.1) is 5.52 Å². The lowest BCUT2D eigenvalue weighted by molar-refractivity contribution is -0.266. The lowest BCUT2D eigenvalue weighted by atomic mass is 9.72. The van der Waals surface area contributed by atoms with Crippen LogP contribution in [0.2, 0.25) is 0 Å². The van der Waals surface area contributed by atoms with E-state index in [1.807, 2.05) is 0 Å². The number of aryl methyl sites for hydroxylation is 1. The molecular formula is C21H22F4N2O2. The number of benzene rings is 1. The van der Waals surface area contributed by atoms with Crippen LogP contribution >= 0.6 is 0 Å². The van der Waals surface area contributed by atoms with Crippen LogP contribution in [0.1, 0.15) is 37.1 Å². The first-order valence-corrected chi connectivity index (χ1v) is 9.07. The molecule has 0 bridgehead atoms. The maximum atomic E-state index is 13.9. The van der Waals surface area contributed by atoms with Crippen LogP contribution in [-0.4, -0.2) is 26.9 Å². The molecule has 0 amide bonds. The summed E-state index contributed by atoms with van der Waals surface area (Å²) >= 11 is 0. The Kier molecular flexibility index (Phi) is 5.11. The zero-order chi connectivity index (χ0) is 21.6. The van der Waals surface area contributed by atoms with E-state index in [1.165, 1.54) is 36.5 Å². The van der Waals surface area contributed by atoms with Gasteiger partial charge in [0.15, 0.2) is 5.60 Å². The van der Waals surface area contributed by atoms with Crippen molar-refractivity contribution in [3.63, 3.8) is 0 Å². The molecule has 156 valence electrons. The number of pyridine rings is 1. The largest absolute Gasteiger partial charge is 0.417 e. The fourth-order valence-electron chi connectivity index (χ4n) is 3.93. The summed E-state index contributed by atoms with van der Waals surface area (Å²) in [6.45, 7) is 4.79. The van der Waals surface area contributed by atoms with Crippen molar-refractivity contribution in [1.82, 2.24) is 9.97 Å². The van der Waals surface area contributed by atoms with E-state index in [9.17, 15) is 27.5 Å². The monoisotopic (exact) mass is 410 g/mol. The van der Waals surface area contributed by atoms with Crippen LogP contribution in [0.3, 0.4) is 0 Å². The highest BCUT2D eigenvalue weighted by atomic mass is 19.4. The lowest BCUT2D eigenvalue weighted by Gasteiger charge is -2.38. The average Bonchev–Trinajstić information content (AvgIpc) is 2.96. The van der Waals surface area contributed by atoms with E-state index in [1.54, 1.807) is 20.8 Å². The van der Waals surface area contributed by atoms with Gasteiger partial charge in [-0.05, 0) is 48.1 Å². The molecule has 0 radical (unpaired) electrons. The third kappa shape index (κ3) is 4.22. The van der Waals surface area contributed by atoms with E-state index in [4.69, 9.17) is 0 Å². The van der Waals surface area contributed by atoms with Crippen molar-refractivity contribution in [1.29, 1.82) is 0 Å². The van der Waals surface area contributed by atoms with E-state index in [0.717, 1.165) is 0 Å². The van der Waals surface area contributed by atoms with Crippen LogP contribution < -0.4 is 5.56 Å². The van der Waals surface area contributed by atoms with Gasteiger partial charge in [0.1, 0.15) is 5.82 Å². The molecule has 0 aliphatic rings. The van der Waals surface area contributed by atoms with Crippen molar-refractivity contribution in [3.05, 3.63) is 69.5 Å². The van der Waals surface area contributed by atoms with Gasteiger partial charge in [0.2, 0.25) is 5.56 Å². The summed E-state index contributed by atoms with van der Waals surface area (Å²) in [6.07, 6.45) is -4.91. The zero-order valence-corrected chi connectivity index (χ0v) is 16.2. The number of fused-ring (bicyclic) bond motifs is 1. The first kappa shape index (κ1) is 21.1. The molecule has 0 fully saturated rings. The molecule has 2 aromatic heterocycles. The fraction of sp³-hybridized carbons (Fsp3) is 0.381. The van der Waals surface area contributed by atoms with Gasteiger partial charge in [-0.1, -0.05) is 19.9 Å². The molecule has 8 heteroatoms. The smallest absolute Gasteiger partial charge is 0.380 e. The van der Waals surface area contributed by atoms with Crippen LogP contribution in [-0.2, 0) is 11.8 Å². The highest BCUT2D eigenvalue weighted by molar-refractivity contribution is 5.79. The molecule has 4 nitrogen and oxygen atoms in total. The summed E-state index contributed by atoms with van der Waals surface area (Å²) in [7, 11) is 0. The quantitative estimate of drug-likeness (QED) is 0.542. The molecule has 0 saturated heterocycles. The van der Waals surface area contributed by atoms with Gasteiger partial charge in [-0.15, -0.1) is 0 Å². The van der Waals surface area contributed by atoms with Crippen molar-refractivity contribution in [3.8, 4) is 0 Å². The van der Waals surface area contributed by atoms with Crippen molar-refractivity contribution in [2.75, 3.05) is 0 Å².